The normalized spacial score (nSPS) is 10.8. The van der Waals surface area contributed by atoms with E-state index in [2.05, 4.69) is 25.7 Å². The van der Waals surface area contributed by atoms with Crippen molar-refractivity contribution >= 4 is 12.0 Å². The van der Waals surface area contributed by atoms with Gasteiger partial charge in [0.25, 0.3) is 0 Å². The number of aryl methyl sites for hydroxylation is 1. The zero-order valence-electron chi connectivity index (χ0n) is 11.6. The van der Waals surface area contributed by atoms with Crippen molar-refractivity contribution in [3.05, 3.63) is 39.9 Å². The highest BCUT2D eigenvalue weighted by Gasteiger charge is 2.03. The number of H-pyrrole nitrogens is 1. The van der Waals surface area contributed by atoms with Crippen molar-refractivity contribution in [1.29, 1.82) is 0 Å². The molecule has 0 aliphatic rings. The lowest BCUT2D eigenvalue weighted by molar-refractivity contribution is 0.318. The highest BCUT2D eigenvalue weighted by molar-refractivity contribution is 5.81. The largest absolute Gasteiger partial charge is 0.504 e. The van der Waals surface area contributed by atoms with Crippen LogP contribution in [0.3, 0.4) is 0 Å². The number of hydrogen-bond acceptors (Lipinski definition) is 7. The number of nitrogens with one attached hydrogen (secondary N) is 2. The van der Waals surface area contributed by atoms with E-state index in [4.69, 9.17) is 4.74 Å². The standard InChI is InChI=1S/C13H15N5O3/c1-3-21-11-6-9(4-5-10(11)19)7-14-17-12-8(2)16-18-13(20)15-12/h4-7,19H,3H2,1-2H3,(H2,15,17,18,20)/b14-7-. The van der Waals surface area contributed by atoms with Crippen LogP contribution in [0.5, 0.6) is 11.5 Å². The van der Waals surface area contributed by atoms with E-state index >= 15 is 0 Å². The zero-order chi connectivity index (χ0) is 15.2. The molecule has 1 aromatic carbocycles. The van der Waals surface area contributed by atoms with Crippen LogP contribution >= 0.6 is 0 Å². The number of phenolic OH excluding ortho intramolecular Hbond substituents is 1. The molecule has 0 bridgehead atoms. The summed E-state index contributed by atoms with van der Waals surface area (Å²) in [4.78, 5) is 14.8. The second-order valence-electron chi connectivity index (χ2n) is 4.10. The summed E-state index contributed by atoms with van der Waals surface area (Å²) in [5, 5.41) is 19.6. The van der Waals surface area contributed by atoms with Gasteiger partial charge in [-0.3, -0.25) is 5.43 Å². The van der Waals surface area contributed by atoms with Gasteiger partial charge in [-0.25, -0.2) is 9.89 Å². The number of aromatic hydroxyl groups is 1. The van der Waals surface area contributed by atoms with Crippen molar-refractivity contribution in [3.63, 3.8) is 0 Å². The summed E-state index contributed by atoms with van der Waals surface area (Å²) in [6.07, 6.45) is 1.52. The van der Waals surface area contributed by atoms with E-state index in [0.717, 1.165) is 5.56 Å². The van der Waals surface area contributed by atoms with Crippen molar-refractivity contribution in [2.75, 3.05) is 12.0 Å². The zero-order valence-corrected chi connectivity index (χ0v) is 11.6. The number of aromatic amines is 1. The Morgan fingerprint density at radius 1 is 1.52 bits per heavy atom. The van der Waals surface area contributed by atoms with Crippen LogP contribution in [0.25, 0.3) is 0 Å². The average molecular weight is 289 g/mol. The fourth-order valence-corrected chi connectivity index (χ4v) is 1.55. The van der Waals surface area contributed by atoms with E-state index in [-0.39, 0.29) is 11.6 Å². The molecular weight excluding hydrogens is 274 g/mol. The third kappa shape index (κ3) is 3.78. The van der Waals surface area contributed by atoms with Gasteiger partial charge in [0.2, 0.25) is 0 Å². The molecule has 0 spiro atoms. The molecule has 0 aliphatic heterocycles. The molecule has 2 aromatic rings. The fourth-order valence-electron chi connectivity index (χ4n) is 1.55. The van der Waals surface area contributed by atoms with Crippen LogP contribution in [0, 0.1) is 6.92 Å². The Labute approximate surface area is 120 Å². The summed E-state index contributed by atoms with van der Waals surface area (Å²) in [5.41, 5.74) is 3.33. The van der Waals surface area contributed by atoms with Crippen LogP contribution in [0.2, 0.25) is 0 Å². The molecule has 0 saturated carbocycles. The van der Waals surface area contributed by atoms with Crippen LogP contribution in [-0.4, -0.2) is 33.1 Å². The minimum atomic E-state index is -0.554. The first-order valence-corrected chi connectivity index (χ1v) is 6.28. The number of hydrogen-bond donors (Lipinski definition) is 3. The lowest BCUT2D eigenvalue weighted by Gasteiger charge is -2.06. The molecule has 0 atom stereocenters. The second-order valence-corrected chi connectivity index (χ2v) is 4.10. The molecule has 0 fully saturated rings. The fraction of sp³-hybridized carbons (Fsp3) is 0.231. The summed E-state index contributed by atoms with van der Waals surface area (Å²) in [6, 6.07) is 4.85. The van der Waals surface area contributed by atoms with E-state index in [1.165, 1.54) is 12.3 Å². The van der Waals surface area contributed by atoms with Gasteiger partial charge in [0.1, 0.15) is 5.69 Å². The predicted octanol–water partition coefficient (Wildman–Crippen LogP) is 1.02. The molecular formula is C13H15N5O3. The van der Waals surface area contributed by atoms with Gasteiger partial charge in [-0.2, -0.15) is 15.2 Å². The van der Waals surface area contributed by atoms with E-state index in [1.54, 1.807) is 19.1 Å². The summed E-state index contributed by atoms with van der Waals surface area (Å²) in [6.45, 7) is 3.97. The lowest BCUT2D eigenvalue weighted by atomic mass is 10.2. The molecule has 8 heteroatoms. The first kappa shape index (κ1) is 14.5. The summed E-state index contributed by atoms with van der Waals surface area (Å²) < 4.78 is 5.28. The van der Waals surface area contributed by atoms with Crippen LogP contribution < -0.4 is 15.9 Å². The van der Waals surface area contributed by atoms with Crippen molar-refractivity contribution in [2.45, 2.75) is 13.8 Å². The Morgan fingerprint density at radius 3 is 3.10 bits per heavy atom. The molecule has 0 saturated heterocycles. The van der Waals surface area contributed by atoms with Gasteiger partial charge in [-0.1, -0.05) is 0 Å². The van der Waals surface area contributed by atoms with Gasteiger partial charge >= 0.3 is 5.69 Å². The number of aromatic nitrogens is 3. The molecule has 8 nitrogen and oxygen atoms in total. The van der Waals surface area contributed by atoms with E-state index < -0.39 is 5.69 Å². The molecule has 2 rings (SSSR count). The van der Waals surface area contributed by atoms with Crippen LogP contribution in [0.15, 0.2) is 28.1 Å². The van der Waals surface area contributed by atoms with Gasteiger partial charge < -0.3 is 9.84 Å². The molecule has 0 radical (unpaired) electrons. The minimum absolute atomic E-state index is 0.0678. The Morgan fingerprint density at radius 2 is 2.33 bits per heavy atom. The van der Waals surface area contributed by atoms with E-state index in [1.807, 2.05) is 6.92 Å². The molecule has 21 heavy (non-hydrogen) atoms. The molecule has 3 N–H and O–H groups in total. The SMILES string of the molecule is CCOc1cc(/C=N\Nc2nc(=O)[nH]nc2C)ccc1O. The quantitative estimate of drug-likeness (QED) is 0.559. The van der Waals surface area contributed by atoms with E-state index in [0.29, 0.717) is 18.1 Å². The van der Waals surface area contributed by atoms with Gasteiger partial charge in [-0.15, -0.1) is 0 Å². The summed E-state index contributed by atoms with van der Waals surface area (Å²) in [5.74, 6) is 0.727. The van der Waals surface area contributed by atoms with Crippen LogP contribution in [0.1, 0.15) is 18.2 Å². The molecule has 1 aromatic heterocycles. The monoisotopic (exact) mass is 289 g/mol. The highest BCUT2D eigenvalue weighted by atomic mass is 16.5. The first-order valence-electron chi connectivity index (χ1n) is 6.28. The number of benzene rings is 1. The first-order chi connectivity index (χ1) is 10.1. The third-order valence-electron chi connectivity index (χ3n) is 2.54. The van der Waals surface area contributed by atoms with Gasteiger partial charge in [-0.05, 0) is 37.6 Å². The second kappa shape index (κ2) is 6.51. The maximum Gasteiger partial charge on any atom is 0.363 e. The van der Waals surface area contributed by atoms with Crippen molar-refractivity contribution in [1.82, 2.24) is 15.2 Å². The Hall–Kier alpha value is -2.90. The van der Waals surface area contributed by atoms with Crippen molar-refractivity contribution in [3.8, 4) is 11.5 Å². The third-order valence-corrected chi connectivity index (χ3v) is 2.54. The maximum atomic E-state index is 11.1. The lowest BCUT2D eigenvalue weighted by Crippen LogP contribution is -2.15. The van der Waals surface area contributed by atoms with Gasteiger partial charge in [0, 0.05) is 0 Å². The number of hydrazone groups is 1. The number of nitrogens with zero attached hydrogens (tertiary/aromatic N) is 3. The minimum Gasteiger partial charge on any atom is -0.504 e. The van der Waals surface area contributed by atoms with Crippen molar-refractivity contribution in [2.24, 2.45) is 5.10 Å². The molecule has 0 amide bonds. The Bertz CT molecular complexity index is 711. The maximum absolute atomic E-state index is 11.1. The topological polar surface area (TPSA) is 112 Å². The molecule has 110 valence electrons. The number of rotatable bonds is 5. The molecule has 1 heterocycles. The number of ether oxygens (including phenoxy) is 1. The van der Waals surface area contributed by atoms with Crippen LogP contribution in [0.4, 0.5) is 5.82 Å². The number of phenols is 1. The molecule has 0 aliphatic carbocycles. The predicted molar refractivity (Wildman–Crippen MR) is 77.9 cm³/mol. The van der Waals surface area contributed by atoms with Gasteiger partial charge in [0.15, 0.2) is 17.3 Å². The smallest absolute Gasteiger partial charge is 0.363 e. The van der Waals surface area contributed by atoms with E-state index in [9.17, 15) is 9.90 Å². The summed E-state index contributed by atoms with van der Waals surface area (Å²) >= 11 is 0. The Balaban J connectivity index is 2.12. The highest BCUT2D eigenvalue weighted by Crippen LogP contribution is 2.26. The average Bonchev–Trinajstić information content (AvgIpc) is 2.46. The van der Waals surface area contributed by atoms with Crippen LogP contribution in [-0.2, 0) is 0 Å². The summed E-state index contributed by atoms with van der Waals surface area (Å²) in [7, 11) is 0. The Kier molecular flexibility index (Phi) is 4.50. The van der Waals surface area contributed by atoms with Crippen molar-refractivity contribution < 1.29 is 9.84 Å². The number of anilines is 1. The molecule has 0 unspecified atom stereocenters. The van der Waals surface area contributed by atoms with Gasteiger partial charge in [0.05, 0.1) is 12.8 Å².